The summed E-state index contributed by atoms with van der Waals surface area (Å²) in [5.74, 6) is 0.464. The van der Waals surface area contributed by atoms with Crippen LogP contribution in [0.4, 0.5) is 11.4 Å². The Labute approximate surface area is 147 Å². The van der Waals surface area contributed by atoms with Crippen molar-refractivity contribution < 1.29 is 9.21 Å². The van der Waals surface area contributed by atoms with Gasteiger partial charge in [-0.1, -0.05) is 17.7 Å². The van der Waals surface area contributed by atoms with Crippen molar-refractivity contribution in [3.05, 3.63) is 77.0 Å². The summed E-state index contributed by atoms with van der Waals surface area (Å²) in [5, 5.41) is 6.19. The number of nitrogens with one attached hydrogen (secondary N) is 2. The van der Waals surface area contributed by atoms with Crippen molar-refractivity contribution in [3.8, 4) is 0 Å². The van der Waals surface area contributed by atoms with Gasteiger partial charge in [-0.2, -0.15) is 0 Å². The standard InChI is InChI=1S/C20H21N3O2/c1-13-9-14(2)19(15(3)10-13)23-16-6-7-21-18(11-16)20(24)22-12-17-5-4-8-25-17/h4-11H,12H2,1-3H3,(H,21,23)(H,22,24). The predicted molar refractivity (Wildman–Crippen MR) is 98.1 cm³/mol. The Kier molecular flexibility index (Phi) is 4.84. The van der Waals surface area contributed by atoms with Crippen LogP contribution < -0.4 is 10.6 Å². The zero-order chi connectivity index (χ0) is 17.8. The number of nitrogens with zero attached hydrogens (tertiary/aromatic N) is 1. The molecule has 3 aromatic rings. The largest absolute Gasteiger partial charge is 0.467 e. The number of anilines is 2. The molecule has 0 aliphatic carbocycles. The summed E-state index contributed by atoms with van der Waals surface area (Å²) < 4.78 is 5.21. The van der Waals surface area contributed by atoms with Crippen LogP contribution in [0.1, 0.15) is 32.9 Å². The molecule has 3 rings (SSSR count). The first-order valence-corrected chi connectivity index (χ1v) is 8.14. The van der Waals surface area contributed by atoms with Crippen molar-refractivity contribution in [1.82, 2.24) is 10.3 Å². The van der Waals surface area contributed by atoms with Crippen LogP contribution >= 0.6 is 0 Å². The number of benzene rings is 1. The van der Waals surface area contributed by atoms with Crippen LogP contribution in [0.15, 0.2) is 53.3 Å². The molecule has 0 atom stereocenters. The number of pyridine rings is 1. The normalized spacial score (nSPS) is 10.5. The van der Waals surface area contributed by atoms with Gasteiger partial charge in [0, 0.05) is 17.6 Å². The van der Waals surface area contributed by atoms with E-state index in [1.54, 1.807) is 24.6 Å². The summed E-state index contributed by atoms with van der Waals surface area (Å²) in [6.07, 6.45) is 3.21. The van der Waals surface area contributed by atoms with Crippen molar-refractivity contribution in [2.75, 3.05) is 5.32 Å². The molecule has 0 fully saturated rings. The Morgan fingerprint density at radius 3 is 2.56 bits per heavy atom. The van der Waals surface area contributed by atoms with E-state index in [4.69, 9.17) is 4.42 Å². The quantitative estimate of drug-likeness (QED) is 0.730. The van der Waals surface area contributed by atoms with Crippen molar-refractivity contribution in [1.29, 1.82) is 0 Å². The summed E-state index contributed by atoms with van der Waals surface area (Å²) >= 11 is 0. The third-order valence-electron chi connectivity index (χ3n) is 3.94. The Bertz CT molecular complexity index is 863. The predicted octanol–water partition coefficient (Wildman–Crippen LogP) is 4.27. The molecule has 0 aliphatic heterocycles. The van der Waals surface area contributed by atoms with E-state index in [0.29, 0.717) is 18.0 Å². The maximum Gasteiger partial charge on any atom is 0.270 e. The first kappa shape index (κ1) is 16.8. The molecule has 0 spiro atoms. The van der Waals surface area contributed by atoms with Crippen molar-refractivity contribution in [3.63, 3.8) is 0 Å². The fraction of sp³-hybridized carbons (Fsp3) is 0.200. The highest BCUT2D eigenvalue weighted by Crippen LogP contribution is 2.26. The monoisotopic (exact) mass is 335 g/mol. The number of aryl methyl sites for hydroxylation is 3. The first-order chi connectivity index (χ1) is 12.0. The van der Waals surface area contributed by atoms with Crippen LogP contribution in [0.25, 0.3) is 0 Å². The minimum atomic E-state index is -0.239. The third kappa shape index (κ3) is 4.07. The van der Waals surface area contributed by atoms with Crippen molar-refractivity contribution in [2.24, 2.45) is 0 Å². The van der Waals surface area contributed by atoms with E-state index in [1.807, 2.05) is 12.1 Å². The van der Waals surface area contributed by atoms with Crippen molar-refractivity contribution in [2.45, 2.75) is 27.3 Å². The Morgan fingerprint density at radius 2 is 1.88 bits per heavy atom. The molecule has 0 saturated heterocycles. The average Bonchev–Trinajstić information content (AvgIpc) is 3.10. The molecule has 128 valence electrons. The number of carbonyl (C=O) groups is 1. The lowest BCUT2D eigenvalue weighted by Gasteiger charge is -2.14. The smallest absolute Gasteiger partial charge is 0.270 e. The van der Waals surface area contributed by atoms with Gasteiger partial charge in [-0.05, 0) is 56.2 Å². The van der Waals surface area contributed by atoms with Crippen LogP contribution in [0.2, 0.25) is 0 Å². The molecular formula is C20H21N3O2. The molecule has 1 aromatic carbocycles. The van der Waals surface area contributed by atoms with E-state index in [-0.39, 0.29) is 5.91 Å². The number of amides is 1. The summed E-state index contributed by atoms with van der Waals surface area (Å²) in [5.41, 5.74) is 5.80. The molecule has 1 amide bonds. The van der Waals surface area contributed by atoms with Gasteiger partial charge in [0.15, 0.2) is 0 Å². The molecule has 25 heavy (non-hydrogen) atoms. The van der Waals surface area contributed by atoms with Crippen LogP contribution in [-0.4, -0.2) is 10.9 Å². The van der Waals surface area contributed by atoms with E-state index in [0.717, 1.165) is 22.5 Å². The van der Waals surface area contributed by atoms with E-state index >= 15 is 0 Å². The fourth-order valence-electron chi connectivity index (χ4n) is 2.83. The molecule has 2 aromatic heterocycles. The summed E-state index contributed by atoms with van der Waals surface area (Å²) in [6.45, 7) is 6.56. The van der Waals surface area contributed by atoms with Crippen LogP contribution in [0, 0.1) is 20.8 Å². The Balaban J connectivity index is 1.74. The molecule has 5 heteroatoms. The number of hydrogen-bond donors (Lipinski definition) is 2. The highest BCUT2D eigenvalue weighted by Gasteiger charge is 2.10. The van der Waals surface area contributed by atoms with Gasteiger partial charge in [-0.25, -0.2) is 0 Å². The molecule has 0 bridgehead atoms. The highest BCUT2D eigenvalue weighted by molar-refractivity contribution is 5.93. The minimum Gasteiger partial charge on any atom is -0.467 e. The van der Waals surface area contributed by atoms with Crippen molar-refractivity contribution >= 4 is 17.3 Å². The zero-order valence-electron chi connectivity index (χ0n) is 14.6. The van der Waals surface area contributed by atoms with Gasteiger partial charge in [0.2, 0.25) is 0 Å². The lowest BCUT2D eigenvalue weighted by atomic mass is 10.0. The summed E-state index contributed by atoms with van der Waals surface area (Å²) in [4.78, 5) is 16.4. The maximum atomic E-state index is 12.3. The zero-order valence-corrected chi connectivity index (χ0v) is 14.6. The van der Waals surface area contributed by atoms with Crippen LogP contribution in [0.5, 0.6) is 0 Å². The molecule has 2 N–H and O–H groups in total. The van der Waals surface area contributed by atoms with Gasteiger partial charge in [0.1, 0.15) is 11.5 Å². The summed E-state index contributed by atoms with van der Waals surface area (Å²) in [6, 6.07) is 11.5. The average molecular weight is 335 g/mol. The lowest BCUT2D eigenvalue weighted by molar-refractivity contribution is 0.0943. The highest BCUT2D eigenvalue weighted by atomic mass is 16.3. The molecule has 0 aliphatic rings. The van der Waals surface area contributed by atoms with Gasteiger partial charge in [0.25, 0.3) is 5.91 Å². The minimum absolute atomic E-state index is 0.239. The summed E-state index contributed by atoms with van der Waals surface area (Å²) in [7, 11) is 0. The second-order valence-electron chi connectivity index (χ2n) is 6.09. The lowest BCUT2D eigenvalue weighted by Crippen LogP contribution is -2.23. The van der Waals surface area contributed by atoms with Crippen LogP contribution in [-0.2, 0) is 6.54 Å². The molecule has 0 radical (unpaired) electrons. The number of carbonyl (C=O) groups excluding carboxylic acids is 1. The van der Waals surface area contributed by atoms with E-state index in [9.17, 15) is 4.79 Å². The number of aromatic nitrogens is 1. The SMILES string of the molecule is Cc1cc(C)c(Nc2ccnc(C(=O)NCc3ccco3)c2)c(C)c1. The van der Waals surface area contributed by atoms with E-state index in [1.165, 1.54) is 5.56 Å². The Hall–Kier alpha value is -3.08. The Morgan fingerprint density at radius 1 is 1.12 bits per heavy atom. The number of hydrogen-bond acceptors (Lipinski definition) is 4. The van der Waals surface area contributed by atoms with Crippen LogP contribution in [0.3, 0.4) is 0 Å². The second-order valence-corrected chi connectivity index (χ2v) is 6.09. The molecule has 0 unspecified atom stereocenters. The maximum absolute atomic E-state index is 12.3. The molecule has 0 saturated carbocycles. The van der Waals surface area contributed by atoms with E-state index in [2.05, 4.69) is 48.5 Å². The van der Waals surface area contributed by atoms with Gasteiger partial charge in [-0.15, -0.1) is 0 Å². The second kappa shape index (κ2) is 7.21. The molecule has 2 heterocycles. The number of furan rings is 1. The molecular weight excluding hydrogens is 314 g/mol. The first-order valence-electron chi connectivity index (χ1n) is 8.14. The van der Waals surface area contributed by atoms with Gasteiger partial charge in [0.05, 0.1) is 12.8 Å². The van der Waals surface area contributed by atoms with E-state index < -0.39 is 0 Å². The topological polar surface area (TPSA) is 67.2 Å². The van der Waals surface area contributed by atoms with Gasteiger partial charge in [-0.3, -0.25) is 9.78 Å². The molecule has 5 nitrogen and oxygen atoms in total. The number of rotatable bonds is 5. The van der Waals surface area contributed by atoms with Gasteiger partial charge >= 0.3 is 0 Å². The fourth-order valence-corrected chi connectivity index (χ4v) is 2.83. The third-order valence-corrected chi connectivity index (χ3v) is 3.94. The van der Waals surface area contributed by atoms with Gasteiger partial charge < -0.3 is 15.1 Å².